The van der Waals surface area contributed by atoms with Gasteiger partial charge in [-0.25, -0.2) is 9.48 Å². The fourth-order valence-corrected chi connectivity index (χ4v) is 5.39. The van der Waals surface area contributed by atoms with E-state index in [0.29, 0.717) is 28.3 Å². The third-order valence-electron chi connectivity index (χ3n) is 6.63. The highest BCUT2D eigenvalue weighted by molar-refractivity contribution is 6.35. The van der Waals surface area contributed by atoms with Crippen molar-refractivity contribution in [2.24, 2.45) is 5.41 Å². The monoisotopic (exact) mass is 392 g/mol. The number of nitrogens with zero attached hydrogens (tertiary/aromatic N) is 2. The van der Waals surface area contributed by atoms with Gasteiger partial charge in [-0.3, -0.25) is 0 Å². The van der Waals surface area contributed by atoms with Crippen molar-refractivity contribution in [1.29, 1.82) is 0 Å². The van der Waals surface area contributed by atoms with E-state index in [1.807, 2.05) is 17.7 Å². The maximum atomic E-state index is 12.6. The van der Waals surface area contributed by atoms with Crippen LogP contribution in [0.15, 0.2) is 18.2 Å². The predicted molar refractivity (Wildman–Crippen MR) is 103 cm³/mol. The number of aromatic nitrogens is 2. The molecule has 2 aromatic rings. The number of fused-ring (bicyclic) bond motifs is 5. The van der Waals surface area contributed by atoms with Crippen LogP contribution in [0.4, 0.5) is 0 Å². The number of hydrogen-bond donors (Lipinski definition) is 0. The number of carbonyl (C=O) groups is 1. The molecule has 26 heavy (non-hydrogen) atoms. The molecule has 2 bridgehead atoms. The summed E-state index contributed by atoms with van der Waals surface area (Å²) in [6, 6.07) is 5.36. The highest BCUT2D eigenvalue weighted by atomic mass is 35.5. The largest absolute Gasteiger partial charge is 0.461 e. The second-order valence-corrected chi connectivity index (χ2v) is 8.83. The lowest BCUT2D eigenvalue weighted by Gasteiger charge is -2.35. The topological polar surface area (TPSA) is 44.1 Å². The Hall–Kier alpha value is -1.52. The Morgan fingerprint density at radius 1 is 1.35 bits per heavy atom. The zero-order valence-corrected chi connectivity index (χ0v) is 16.9. The molecule has 1 fully saturated rings. The first kappa shape index (κ1) is 17.9. The number of carbonyl (C=O) groups excluding carboxylic acids is 1. The van der Waals surface area contributed by atoms with E-state index in [2.05, 4.69) is 25.9 Å². The summed E-state index contributed by atoms with van der Waals surface area (Å²) >= 11 is 12.5. The molecule has 138 valence electrons. The summed E-state index contributed by atoms with van der Waals surface area (Å²) in [4.78, 5) is 12.6. The van der Waals surface area contributed by atoms with Gasteiger partial charge < -0.3 is 4.74 Å². The Labute approximate surface area is 163 Å². The number of halogens is 2. The molecule has 4 rings (SSSR count). The molecular formula is C20H22Cl2N2O2. The van der Waals surface area contributed by atoms with E-state index in [4.69, 9.17) is 27.9 Å². The number of ether oxygens (including phenoxy) is 1. The minimum Gasteiger partial charge on any atom is -0.461 e. The molecule has 1 aromatic heterocycles. The van der Waals surface area contributed by atoms with Crippen molar-refractivity contribution in [1.82, 2.24) is 9.78 Å². The molecule has 0 N–H and O–H groups in total. The van der Waals surface area contributed by atoms with E-state index in [1.54, 1.807) is 12.1 Å². The van der Waals surface area contributed by atoms with Crippen LogP contribution in [0, 0.1) is 5.41 Å². The van der Waals surface area contributed by atoms with Crippen molar-refractivity contribution in [3.05, 3.63) is 45.2 Å². The standard InChI is InChI=1S/C20H22Cl2N2O2/c1-5-26-18(25)16-15-12-8-9-20(4,19(12,2)3)17(15)24(23-16)14-7-6-11(21)10-13(14)22/h6-7,10,12H,5,8-9H2,1-4H3. The molecule has 0 radical (unpaired) electrons. The van der Waals surface area contributed by atoms with Crippen LogP contribution in [-0.2, 0) is 10.2 Å². The molecule has 0 spiro atoms. The van der Waals surface area contributed by atoms with Gasteiger partial charge >= 0.3 is 5.97 Å². The Balaban J connectivity index is 2.00. The zero-order chi connectivity index (χ0) is 18.9. The van der Waals surface area contributed by atoms with Crippen LogP contribution in [0.1, 0.15) is 68.2 Å². The van der Waals surface area contributed by atoms with Crippen LogP contribution in [0.25, 0.3) is 5.69 Å². The van der Waals surface area contributed by atoms with Crippen molar-refractivity contribution in [3.63, 3.8) is 0 Å². The van der Waals surface area contributed by atoms with E-state index in [9.17, 15) is 4.79 Å². The Morgan fingerprint density at radius 3 is 2.73 bits per heavy atom. The molecule has 4 nitrogen and oxygen atoms in total. The maximum absolute atomic E-state index is 12.6. The first-order valence-electron chi connectivity index (χ1n) is 8.98. The molecule has 2 atom stereocenters. The second-order valence-electron chi connectivity index (χ2n) is 7.98. The Kier molecular flexibility index (Phi) is 3.94. The van der Waals surface area contributed by atoms with Crippen LogP contribution in [0.5, 0.6) is 0 Å². The van der Waals surface area contributed by atoms with E-state index in [0.717, 1.165) is 29.8 Å². The van der Waals surface area contributed by atoms with E-state index in [-0.39, 0.29) is 16.8 Å². The zero-order valence-electron chi connectivity index (χ0n) is 15.4. The summed E-state index contributed by atoms with van der Waals surface area (Å²) in [6.45, 7) is 8.98. The summed E-state index contributed by atoms with van der Waals surface area (Å²) in [5.74, 6) is -0.0683. The van der Waals surface area contributed by atoms with Crippen LogP contribution in [-0.4, -0.2) is 22.4 Å². The third kappa shape index (κ3) is 2.15. The molecule has 6 heteroatoms. The van der Waals surface area contributed by atoms with Crippen molar-refractivity contribution < 1.29 is 9.53 Å². The molecule has 1 aromatic carbocycles. The SMILES string of the molecule is CCOC(=O)c1nn(-c2ccc(Cl)cc2Cl)c2c1C1CCC2(C)C1(C)C. The molecule has 1 saturated carbocycles. The lowest BCUT2D eigenvalue weighted by atomic mass is 9.70. The number of hydrogen-bond acceptors (Lipinski definition) is 3. The van der Waals surface area contributed by atoms with Gasteiger partial charge in [0.05, 0.1) is 23.0 Å². The van der Waals surface area contributed by atoms with Gasteiger partial charge in [0, 0.05) is 16.0 Å². The molecule has 0 aliphatic heterocycles. The number of benzene rings is 1. The summed E-state index contributed by atoms with van der Waals surface area (Å²) in [5, 5.41) is 5.76. The van der Waals surface area contributed by atoms with E-state index in [1.165, 1.54) is 0 Å². The Morgan fingerprint density at radius 2 is 2.08 bits per heavy atom. The van der Waals surface area contributed by atoms with Gasteiger partial charge in [0.2, 0.25) is 0 Å². The molecule has 2 aliphatic rings. The van der Waals surface area contributed by atoms with E-state index < -0.39 is 0 Å². The third-order valence-corrected chi connectivity index (χ3v) is 7.16. The highest BCUT2D eigenvalue weighted by Crippen LogP contribution is 2.68. The van der Waals surface area contributed by atoms with Gasteiger partial charge in [0.1, 0.15) is 0 Å². The smallest absolute Gasteiger partial charge is 0.359 e. The van der Waals surface area contributed by atoms with Crippen LogP contribution < -0.4 is 0 Å². The van der Waals surface area contributed by atoms with Crippen LogP contribution in [0.3, 0.4) is 0 Å². The minimum atomic E-state index is -0.362. The van der Waals surface area contributed by atoms with Crippen molar-refractivity contribution in [2.45, 2.75) is 51.9 Å². The van der Waals surface area contributed by atoms with Crippen molar-refractivity contribution >= 4 is 29.2 Å². The minimum absolute atomic E-state index is 0.0441. The van der Waals surface area contributed by atoms with Crippen molar-refractivity contribution in [2.75, 3.05) is 6.61 Å². The normalized spacial score (nSPS) is 25.4. The lowest BCUT2D eigenvalue weighted by Crippen LogP contribution is -2.33. The molecule has 0 saturated heterocycles. The average Bonchev–Trinajstić information content (AvgIpc) is 3.11. The van der Waals surface area contributed by atoms with E-state index >= 15 is 0 Å². The van der Waals surface area contributed by atoms with Gasteiger partial charge in [-0.1, -0.05) is 44.0 Å². The van der Waals surface area contributed by atoms with Gasteiger partial charge in [0.15, 0.2) is 5.69 Å². The van der Waals surface area contributed by atoms with Gasteiger partial charge in [-0.05, 0) is 49.3 Å². The maximum Gasteiger partial charge on any atom is 0.359 e. The van der Waals surface area contributed by atoms with Gasteiger partial charge in [0.25, 0.3) is 0 Å². The van der Waals surface area contributed by atoms with Crippen LogP contribution >= 0.6 is 23.2 Å². The first-order valence-corrected chi connectivity index (χ1v) is 9.74. The second kappa shape index (κ2) is 5.74. The molecular weight excluding hydrogens is 371 g/mol. The number of rotatable bonds is 3. The molecule has 2 unspecified atom stereocenters. The summed E-state index contributed by atoms with van der Waals surface area (Å²) in [5.41, 5.74) is 3.26. The first-order chi connectivity index (χ1) is 12.2. The average molecular weight is 393 g/mol. The quantitative estimate of drug-likeness (QED) is 0.644. The van der Waals surface area contributed by atoms with Gasteiger partial charge in [-0.15, -0.1) is 0 Å². The molecule has 0 amide bonds. The summed E-state index contributed by atoms with van der Waals surface area (Å²) in [7, 11) is 0. The predicted octanol–water partition coefficient (Wildman–Crippen LogP) is 5.53. The lowest BCUT2D eigenvalue weighted by molar-refractivity contribution is 0.0516. The van der Waals surface area contributed by atoms with Crippen LogP contribution in [0.2, 0.25) is 10.0 Å². The Bertz CT molecular complexity index is 919. The molecule has 1 heterocycles. The number of esters is 1. The van der Waals surface area contributed by atoms with Gasteiger partial charge in [-0.2, -0.15) is 5.10 Å². The van der Waals surface area contributed by atoms with Crippen molar-refractivity contribution in [3.8, 4) is 5.69 Å². The highest BCUT2D eigenvalue weighted by Gasteiger charge is 2.63. The fourth-order valence-electron chi connectivity index (χ4n) is 4.90. The summed E-state index contributed by atoms with van der Waals surface area (Å²) in [6.07, 6.45) is 2.12. The molecule has 2 aliphatic carbocycles. The summed E-state index contributed by atoms with van der Waals surface area (Å²) < 4.78 is 7.14. The fraction of sp³-hybridized carbons (Fsp3) is 0.500.